The zero-order valence-corrected chi connectivity index (χ0v) is 23.4. The fraction of sp³-hybridized carbons (Fsp3) is 0.357. The molecular weight excluding hydrogens is 560 g/mol. The molecule has 11 heteroatoms. The van der Waals surface area contributed by atoms with Crippen LogP contribution in [0.1, 0.15) is 39.7 Å². The number of rotatable bonds is 5. The molecule has 4 aromatic rings. The standard InChI is InChI=1S/C28H31BrN8O2/c1-34-12-14-35(15-13-34)22-5-2-19(3-6-22)27(38)31-21-17-30-37(18-21)23-8-10-36(11-9-23)28(39)26-24-16-20(29)4-7-25(24)32-33-26/h2-7,16-18,23H,8-15H2,1H3,(H,31,38)(H,32,33). The fourth-order valence-corrected chi connectivity index (χ4v) is 5.69. The molecule has 2 aromatic heterocycles. The average Bonchev–Trinajstić information content (AvgIpc) is 3.60. The van der Waals surface area contributed by atoms with Crippen LogP contribution in [-0.2, 0) is 0 Å². The maximum atomic E-state index is 13.2. The lowest BCUT2D eigenvalue weighted by Gasteiger charge is -2.34. The molecule has 0 unspecified atom stereocenters. The van der Waals surface area contributed by atoms with E-state index in [0.717, 1.165) is 60.1 Å². The Bertz CT molecular complexity index is 1480. The molecule has 6 rings (SSSR count). The van der Waals surface area contributed by atoms with Gasteiger partial charge in [-0.05, 0) is 62.4 Å². The summed E-state index contributed by atoms with van der Waals surface area (Å²) in [5.41, 5.74) is 3.71. The number of hydrogen-bond donors (Lipinski definition) is 2. The van der Waals surface area contributed by atoms with Crippen LogP contribution in [0.2, 0.25) is 0 Å². The van der Waals surface area contributed by atoms with E-state index >= 15 is 0 Å². The maximum absolute atomic E-state index is 13.2. The molecule has 0 radical (unpaired) electrons. The third kappa shape index (κ3) is 5.41. The Kier molecular flexibility index (Phi) is 7.09. The van der Waals surface area contributed by atoms with Gasteiger partial charge in [0.2, 0.25) is 0 Å². The number of nitrogens with zero attached hydrogens (tertiary/aromatic N) is 6. The number of likely N-dealkylation sites (N-methyl/N-ethyl adjacent to an activating group) is 1. The van der Waals surface area contributed by atoms with Gasteiger partial charge in [0, 0.05) is 66.6 Å². The Labute approximate surface area is 235 Å². The van der Waals surface area contributed by atoms with Crippen LogP contribution in [0.4, 0.5) is 11.4 Å². The van der Waals surface area contributed by atoms with E-state index in [1.165, 1.54) is 0 Å². The number of piperazine rings is 1. The first-order chi connectivity index (χ1) is 18.9. The summed E-state index contributed by atoms with van der Waals surface area (Å²) in [5.74, 6) is -0.220. The molecule has 2 fully saturated rings. The molecular formula is C28H31BrN8O2. The van der Waals surface area contributed by atoms with Crippen LogP contribution in [0.15, 0.2) is 59.3 Å². The van der Waals surface area contributed by atoms with Crippen molar-refractivity contribution in [2.75, 3.05) is 56.5 Å². The van der Waals surface area contributed by atoms with Crippen molar-refractivity contribution in [3.63, 3.8) is 0 Å². The quantitative estimate of drug-likeness (QED) is 0.364. The van der Waals surface area contributed by atoms with E-state index < -0.39 is 0 Å². The molecule has 2 amide bonds. The number of likely N-dealkylation sites (tertiary alicyclic amines) is 1. The number of hydrogen-bond acceptors (Lipinski definition) is 6. The number of anilines is 2. The number of H-pyrrole nitrogens is 1. The highest BCUT2D eigenvalue weighted by Gasteiger charge is 2.27. The van der Waals surface area contributed by atoms with E-state index in [1.807, 2.05) is 58.2 Å². The van der Waals surface area contributed by atoms with Gasteiger partial charge < -0.3 is 20.0 Å². The Balaban J connectivity index is 1.03. The molecule has 39 heavy (non-hydrogen) atoms. The van der Waals surface area contributed by atoms with Crippen molar-refractivity contribution in [1.29, 1.82) is 0 Å². The Morgan fingerprint density at radius 1 is 1.00 bits per heavy atom. The second kappa shape index (κ2) is 10.8. The molecule has 0 aliphatic carbocycles. The van der Waals surface area contributed by atoms with E-state index in [4.69, 9.17) is 0 Å². The van der Waals surface area contributed by atoms with Crippen molar-refractivity contribution in [2.45, 2.75) is 18.9 Å². The third-order valence-electron chi connectivity index (χ3n) is 7.71. The molecule has 2 aliphatic rings. The summed E-state index contributed by atoms with van der Waals surface area (Å²) in [6.45, 7) is 5.31. The van der Waals surface area contributed by atoms with Crippen LogP contribution in [-0.4, -0.2) is 87.9 Å². The Morgan fingerprint density at radius 2 is 1.74 bits per heavy atom. The average molecular weight is 592 g/mol. The summed E-state index contributed by atoms with van der Waals surface area (Å²) in [6, 6.07) is 13.7. The minimum atomic E-state index is -0.155. The van der Waals surface area contributed by atoms with Crippen LogP contribution in [0.5, 0.6) is 0 Å². The molecule has 2 saturated heterocycles. The number of fused-ring (bicyclic) bond motifs is 1. The lowest BCUT2D eigenvalue weighted by molar-refractivity contribution is 0.0685. The lowest BCUT2D eigenvalue weighted by Crippen LogP contribution is -2.44. The normalized spacial score (nSPS) is 17.1. The molecule has 2 N–H and O–H groups in total. The van der Waals surface area contributed by atoms with E-state index in [0.29, 0.717) is 30.0 Å². The minimum absolute atomic E-state index is 0.0649. The Hall–Kier alpha value is -3.70. The smallest absolute Gasteiger partial charge is 0.274 e. The van der Waals surface area contributed by atoms with Crippen molar-refractivity contribution in [2.24, 2.45) is 0 Å². The number of aromatic amines is 1. The molecule has 0 bridgehead atoms. The van der Waals surface area contributed by atoms with Crippen molar-refractivity contribution in [3.05, 3.63) is 70.6 Å². The number of aromatic nitrogens is 4. The van der Waals surface area contributed by atoms with Gasteiger partial charge in [-0.1, -0.05) is 15.9 Å². The maximum Gasteiger partial charge on any atom is 0.274 e. The summed E-state index contributed by atoms with van der Waals surface area (Å²) in [4.78, 5) is 32.5. The van der Waals surface area contributed by atoms with Gasteiger partial charge in [0.15, 0.2) is 5.69 Å². The Morgan fingerprint density at radius 3 is 2.49 bits per heavy atom. The van der Waals surface area contributed by atoms with Crippen molar-refractivity contribution in [3.8, 4) is 0 Å². The van der Waals surface area contributed by atoms with Gasteiger partial charge in [-0.3, -0.25) is 19.4 Å². The molecule has 2 aromatic carbocycles. The van der Waals surface area contributed by atoms with Crippen molar-refractivity contribution >= 4 is 50.0 Å². The van der Waals surface area contributed by atoms with Crippen molar-refractivity contribution in [1.82, 2.24) is 29.8 Å². The van der Waals surface area contributed by atoms with Gasteiger partial charge in [-0.2, -0.15) is 10.2 Å². The molecule has 2 aliphatic heterocycles. The highest BCUT2D eigenvalue weighted by atomic mass is 79.9. The van der Waals surface area contributed by atoms with Crippen molar-refractivity contribution < 1.29 is 9.59 Å². The molecule has 10 nitrogen and oxygen atoms in total. The first-order valence-electron chi connectivity index (χ1n) is 13.3. The zero-order chi connectivity index (χ0) is 26.9. The van der Waals surface area contributed by atoms with E-state index in [1.54, 1.807) is 6.20 Å². The lowest BCUT2D eigenvalue weighted by atomic mass is 10.0. The number of carbonyl (C=O) groups excluding carboxylic acids is 2. The molecule has 202 valence electrons. The van der Waals surface area contributed by atoms with E-state index in [9.17, 15) is 9.59 Å². The number of nitrogens with one attached hydrogen (secondary N) is 2. The highest BCUT2D eigenvalue weighted by molar-refractivity contribution is 9.10. The molecule has 0 spiro atoms. The van der Waals surface area contributed by atoms with Crippen LogP contribution in [0.3, 0.4) is 0 Å². The van der Waals surface area contributed by atoms with Gasteiger partial charge in [0.25, 0.3) is 11.8 Å². The summed E-state index contributed by atoms with van der Waals surface area (Å²) in [6.07, 6.45) is 5.11. The van der Waals surface area contributed by atoms with Crippen LogP contribution >= 0.6 is 15.9 Å². The number of benzene rings is 2. The summed E-state index contributed by atoms with van der Waals surface area (Å²) < 4.78 is 2.81. The number of halogens is 1. The first-order valence-corrected chi connectivity index (χ1v) is 14.1. The van der Waals surface area contributed by atoms with E-state index in [-0.39, 0.29) is 17.9 Å². The highest BCUT2D eigenvalue weighted by Crippen LogP contribution is 2.27. The first kappa shape index (κ1) is 25.6. The van der Waals surface area contributed by atoms with E-state index in [2.05, 4.69) is 53.4 Å². The topological polar surface area (TPSA) is 102 Å². The predicted octanol–water partition coefficient (Wildman–Crippen LogP) is 4.00. The van der Waals surface area contributed by atoms with Gasteiger partial charge in [-0.15, -0.1) is 0 Å². The molecule has 0 atom stereocenters. The number of amides is 2. The summed E-state index contributed by atoms with van der Waals surface area (Å²) >= 11 is 3.47. The number of carbonyl (C=O) groups is 2. The van der Waals surface area contributed by atoms with Crippen LogP contribution in [0, 0.1) is 0 Å². The van der Waals surface area contributed by atoms with Gasteiger partial charge >= 0.3 is 0 Å². The van der Waals surface area contributed by atoms with Gasteiger partial charge in [0.1, 0.15) is 0 Å². The second-order valence-corrected chi connectivity index (χ2v) is 11.2. The van der Waals surface area contributed by atoms with Gasteiger partial charge in [-0.25, -0.2) is 0 Å². The van der Waals surface area contributed by atoms with Crippen LogP contribution < -0.4 is 10.2 Å². The molecule has 0 saturated carbocycles. The number of piperidine rings is 1. The fourth-order valence-electron chi connectivity index (χ4n) is 5.33. The summed E-state index contributed by atoms with van der Waals surface area (Å²) in [7, 11) is 2.14. The SMILES string of the molecule is CN1CCN(c2ccc(C(=O)Nc3cnn(C4CCN(C(=O)c5n[nH]c6ccc(Br)cc56)CC4)c3)cc2)CC1. The van der Waals surface area contributed by atoms with Crippen LogP contribution in [0.25, 0.3) is 10.9 Å². The summed E-state index contributed by atoms with van der Waals surface area (Å²) in [5, 5.41) is 15.5. The minimum Gasteiger partial charge on any atom is -0.369 e. The predicted molar refractivity (Wildman–Crippen MR) is 154 cm³/mol. The monoisotopic (exact) mass is 590 g/mol. The second-order valence-electron chi connectivity index (χ2n) is 10.3. The third-order valence-corrected chi connectivity index (χ3v) is 8.20. The molecule has 4 heterocycles. The zero-order valence-electron chi connectivity index (χ0n) is 21.8. The van der Waals surface area contributed by atoms with Gasteiger partial charge in [0.05, 0.1) is 23.4 Å². The largest absolute Gasteiger partial charge is 0.369 e.